The Morgan fingerprint density at radius 3 is 2.35 bits per heavy atom. The minimum Gasteiger partial charge on any atom is -0.396 e. The molecule has 0 aliphatic heterocycles. The van der Waals surface area contributed by atoms with Crippen molar-refractivity contribution in [2.75, 3.05) is 26.4 Å². The topological polar surface area (TPSA) is 52.6 Å². The maximum atomic E-state index is 11.7. The number of carbonyl (C=O) groups excluding carboxylic acids is 1. The van der Waals surface area contributed by atoms with Crippen LogP contribution in [-0.2, 0) is 4.79 Å². The van der Waals surface area contributed by atoms with Crippen molar-refractivity contribution in [1.82, 2.24) is 10.2 Å². The number of carbonyl (C=O) groups is 1. The quantitative estimate of drug-likeness (QED) is 0.257. The minimum atomic E-state index is 0.0175. The molecule has 4 nitrogen and oxygen atoms in total. The Morgan fingerprint density at radius 1 is 1.00 bits per heavy atom. The lowest BCUT2D eigenvalue weighted by Crippen LogP contribution is -2.37. The normalized spacial score (nSPS) is 11.5. The predicted octanol–water partition coefficient (Wildman–Crippen LogP) is 3.85. The Morgan fingerprint density at radius 2 is 1.70 bits per heavy atom. The summed E-state index contributed by atoms with van der Waals surface area (Å²) in [5.41, 5.74) is 0. The van der Waals surface area contributed by atoms with Crippen LogP contribution in [0.1, 0.15) is 78.1 Å². The molecule has 0 heterocycles. The molecule has 4 heteroatoms. The first-order chi connectivity index (χ1) is 11.2. The van der Waals surface area contributed by atoms with Gasteiger partial charge in [-0.2, -0.15) is 0 Å². The zero-order valence-electron chi connectivity index (χ0n) is 15.4. The van der Waals surface area contributed by atoms with Crippen molar-refractivity contribution in [2.24, 2.45) is 0 Å². The third-order valence-corrected chi connectivity index (χ3v) is 4.05. The van der Waals surface area contributed by atoms with Crippen LogP contribution < -0.4 is 5.32 Å². The van der Waals surface area contributed by atoms with Crippen LogP contribution in [0.2, 0.25) is 0 Å². The lowest BCUT2D eigenvalue weighted by Gasteiger charge is -2.20. The van der Waals surface area contributed by atoms with Crippen molar-refractivity contribution in [3.05, 3.63) is 12.2 Å². The second-order valence-electron chi connectivity index (χ2n) is 6.15. The van der Waals surface area contributed by atoms with E-state index < -0.39 is 0 Å². The van der Waals surface area contributed by atoms with Gasteiger partial charge >= 0.3 is 0 Å². The highest BCUT2D eigenvalue weighted by atomic mass is 16.2. The van der Waals surface area contributed by atoms with Gasteiger partial charge in [0.05, 0.1) is 6.67 Å². The van der Waals surface area contributed by atoms with Gasteiger partial charge in [-0.25, -0.2) is 0 Å². The van der Waals surface area contributed by atoms with Gasteiger partial charge in [0.25, 0.3) is 0 Å². The molecule has 0 fully saturated rings. The van der Waals surface area contributed by atoms with Gasteiger partial charge in [-0.05, 0) is 44.8 Å². The second-order valence-corrected chi connectivity index (χ2v) is 6.15. The van der Waals surface area contributed by atoms with Gasteiger partial charge in [0, 0.05) is 6.61 Å². The summed E-state index contributed by atoms with van der Waals surface area (Å²) in [7, 11) is 0. The molecule has 0 aromatic rings. The highest BCUT2D eigenvalue weighted by Crippen LogP contribution is 2.05. The fourth-order valence-electron chi connectivity index (χ4n) is 2.45. The summed E-state index contributed by atoms with van der Waals surface area (Å²) < 4.78 is 0. The smallest absolute Gasteiger partial charge is 0.244 e. The van der Waals surface area contributed by atoms with Gasteiger partial charge in [-0.3, -0.25) is 9.69 Å². The highest BCUT2D eigenvalue weighted by molar-refractivity contribution is 5.87. The maximum absolute atomic E-state index is 11.7. The van der Waals surface area contributed by atoms with Crippen molar-refractivity contribution in [3.63, 3.8) is 0 Å². The van der Waals surface area contributed by atoms with E-state index in [9.17, 15) is 4.79 Å². The first-order valence-electron chi connectivity index (χ1n) is 9.52. The molecule has 0 bridgehead atoms. The predicted molar refractivity (Wildman–Crippen MR) is 98.3 cm³/mol. The molecule has 0 aromatic carbocycles. The standard InChI is InChI=1S/C19H38N2O2/c1-3-5-6-9-12-15-19(23)20-18-21(4-2)16-13-10-7-8-11-14-17-22/h12,15,22H,3-11,13-14,16-18H2,1-2H3,(H,20,23)/b15-12+. The lowest BCUT2D eigenvalue weighted by molar-refractivity contribution is -0.117. The number of unbranched alkanes of at least 4 members (excludes halogenated alkanes) is 8. The van der Waals surface area contributed by atoms with Crippen LogP contribution >= 0.6 is 0 Å². The van der Waals surface area contributed by atoms with Gasteiger partial charge in [-0.15, -0.1) is 0 Å². The molecule has 0 rings (SSSR count). The van der Waals surface area contributed by atoms with Crippen molar-refractivity contribution in [1.29, 1.82) is 0 Å². The van der Waals surface area contributed by atoms with Crippen LogP contribution in [0.25, 0.3) is 0 Å². The number of hydrogen-bond donors (Lipinski definition) is 2. The van der Waals surface area contributed by atoms with Crippen LogP contribution in [0.3, 0.4) is 0 Å². The number of rotatable bonds is 16. The third-order valence-electron chi connectivity index (χ3n) is 4.05. The zero-order chi connectivity index (χ0) is 17.2. The Kier molecular flexibility index (Phi) is 16.8. The summed E-state index contributed by atoms with van der Waals surface area (Å²) in [6, 6.07) is 0. The molecule has 0 atom stereocenters. The Hall–Kier alpha value is -0.870. The van der Waals surface area contributed by atoms with Crippen LogP contribution in [0.4, 0.5) is 0 Å². The molecule has 0 spiro atoms. The first kappa shape index (κ1) is 22.1. The third kappa shape index (κ3) is 15.8. The number of hydrogen-bond acceptors (Lipinski definition) is 3. The van der Waals surface area contributed by atoms with E-state index in [4.69, 9.17) is 5.11 Å². The van der Waals surface area contributed by atoms with E-state index in [2.05, 4.69) is 24.1 Å². The van der Waals surface area contributed by atoms with E-state index >= 15 is 0 Å². The van der Waals surface area contributed by atoms with Gasteiger partial charge in [-0.1, -0.05) is 58.4 Å². The Labute approximate surface area is 143 Å². The van der Waals surface area contributed by atoms with Crippen LogP contribution in [0.15, 0.2) is 12.2 Å². The van der Waals surface area contributed by atoms with Crippen LogP contribution in [-0.4, -0.2) is 42.3 Å². The van der Waals surface area contributed by atoms with E-state index in [-0.39, 0.29) is 5.91 Å². The summed E-state index contributed by atoms with van der Waals surface area (Å²) in [5.74, 6) is 0.0175. The number of amides is 1. The number of nitrogens with one attached hydrogen (secondary N) is 1. The SMILES string of the molecule is CCCCC/C=C/C(=O)NCN(CC)CCCCCCCCO. The summed E-state index contributed by atoms with van der Waals surface area (Å²) >= 11 is 0. The monoisotopic (exact) mass is 326 g/mol. The maximum Gasteiger partial charge on any atom is 0.244 e. The molecule has 0 aliphatic rings. The summed E-state index contributed by atoms with van der Waals surface area (Å²) in [4.78, 5) is 14.0. The first-order valence-corrected chi connectivity index (χ1v) is 9.52. The molecule has 0 saturated carbocycles. The molecule has 0 aromatic heterocycles. The van der Waals surface area contributed by atoms with Crippen LogP contribution in [0.5, 0.6) is 0 Å². The van der Waals surface area contributed by atoms with Crippen molar-refractivity contribution < 1.29 is 9.90 Å². The Bertz CT molecular complexity index is 293. The fourth-order valence-corrected chi connectivity index (χ4v) is 2.45. The molecule has 2 N–H and O–H groups in total. The molecular formula is C19H38N2O2. The molecule has 1 amide bonds. The second kappa shape index (κ2) is 17.5. The lowest BCUT2D eigenvalue weighted by atomic mass is 10.1. The molecule has 0 unspecified atom stereocenters. The Balaban J connectivity index is 3.61. The van der Waals surface area contributed by atoms with Gasteiger partial charge in [0.1, 0.15) is 0 Å². The van der Waals surface area contributed by atoms with E-state index in [1.807, 2.05) is 6.08 Å². The van der Waals surface area contributed by atoms with Crippen molar-refractivity contribution >= 4 is 5.91 Å². The highest BCUT2D eigenvalue weighted by Gasteiger charge is 2.03. The number of allylic oxidation sites excluding steroid dienone is 1. The van der Waals surface area contributed by atoms with Crippen molar-refractivity contribution in [3.8, 4) is 0 Å². The van der Waals surface area contributed by atoms with E-state index in [0.29, 0.717) is 13.3 Å². The van der Waals surface area contributed by atoms with E-state index in [0.717, 1.165) is 32.4 Å². The van der Waals surface area contributed by atoms with E-state index in [1.165, 1.54) is 44.9 Å². The number of aliphatic hydroxyl groups is 1. The minimum absolute atomic E-state index is 0.0175. The summed E-state index contributed by atoms with van der Waals surface area (Å²) in [5, 5.41) is 11.7. The number of nitrogens with zero attached hydrogens (tertiary/aromatic N) is 1. The summed E-state index contributed by atoms with van der Waals surface area (Å²) in [6.07, 6.45) is 15.2. The molecular weight excluding hydrogens is 288 g/mol. The zero-order valence-corrected chi connectivity index (χ0v) is 15.4. The number of aliphatic hydroxyl groups excluding tert-OH is 1. The van der Waals surface area contributed by atoms with Gasteiger partial charge in [0.2, 0.25) is 5.91 Å². The molecule has 23 heavy (non-hydrogen) atoms. The molecule has 0 saturated heterocycles. The van der Waals surface area contributed by atoms with Gasteiger partial charge in [0.15, 0.2) is 0 Å². The summed E-state index contributed by atoms with van der Waals surface area (Å²) in [6.45, 7) is 7.27. The average Bonchev–Trinajstić information content (AvgIpc) is 2.56. The van der Waals surface area contributed by atoms with E-state index in [1.54, 1.807) is 6.08 Å². The molecule has 136 valence electrons. The van der Waals surface area contributed by atoms with Crippen molar-refractivity contribution in [2.45, 2.75) is 78.1 Å². The molecule has 0 radical (unpaired) electrons. The largest absolute Gasteiger partial charge is 0.396 e. The van der Waals surface area contributed by atoms with Gasteiger partial charge < -0.3 is 10.4 Å². The molecule has 0 aliphatic carbocycles. The fraction of sp³-hybridized carbons (Fsp3) is 0.842. The van der Waals surface area contributed by atoms with Crippen LogP contribution in [0, 0.1) is 0 Å². The average molecular weight is 327 g/mol.